The van der Waals surface area contributed by atoms with E-state index in [1.54, 1.807) is 0 Å². The highest BCUT2D eigenvalue weighted by Gasteiger charge is 2.15. The standard InChI is InChI=1S/C8H5BrClFO2/c1-13-6-3-4(9)2-5(7(6)11)8(10)12/h2-3H,1H3. The molecule has 1 aromatic rings. The molecule has 0 aromatic heterocycles. The number of hydrogen-bond donors (Lipinski definition) is 0. The quantitative estimate of drug-likeness (QED) is 0.770. The SMILES string of the molecule is COc1cc(Br)cc(C(=O)Cl)c1F. The Labute approximate surface area is 87.8 Å². The molecule has 0 radical (unpaired) electrons. The summed E-state index contributed by atoms with van der Waals surface area (Å²) >= 11 is 8.25. The summed E-state index contributed by atoms with van der Waals surface area (Å²) in [6.45, 7) is 0. The molecule has 0 aliphatic carbocycles. The average molecular weight is 267 g/mol. The summed E-state index contributed by atoms with van der Waals surface area (Å²) in [7, 11) is 1.31. The van der Waals surface area contributed by atoms with Crippen LogP contribution < -0.4 is 4.74 Å². The summed E-state index contributed by atoms with van der Waals surface area (Å²) in [5, 5.41) is -0.850. The molecule has 0 N–H and O–H groups in total. The van der Waals surface area contributed by atoms with Crippen LogP contribution in [-0.4, -0.2) is 12.4 Å². The zero-order chi connectivity index (χ0) is 10.0. The van der Waals surface area contributed by atoms with Crippen LogP contribution in [0.4, 0.5) is 4.39 Å². The number of hydrogen-bond acceptors (Lipinski definition) is 2. The number of halogens is 3. The van der Waals surface area contributed by atoms with Gasteiger partial charge in [0, 0.05) is 4.47 Å². The molecule has 13 heavy (non-hydrogen) atoms. The first-order valence-electron chi connectivity index (χ1n) is 3.29. The molecule has 0 amide bonds. The molecule has 0 saturated carbocycles. The van der Waals surface area contributed by atoms with Gasteiger partial charge in [-0.15, -0.1) is 0 Å². The highest BCUT2D eigenvalue weighted by molar-refractivity contribution is 9.10. The second-order valence-electron chi connectivity index (χ2n) is 2.24. The van der Waals surface area contributed by atoms with Gasteiger partial charge in [-0.3, -0.25) is 4.79 Å². The maximum Gasteiger partial charge on any atom is 0.255 e. The van der Waals surface area contributed by atoms with Crippen molar-refractivity contribution in [3.63, 3.8) is 0 Å². The van der Waals surface area contributed by atoms with Crippen LogP contribution in [0, 0.1) is 5.82 Å². The summed E-state index contributed by atoms with van der Waals surface area (Å²) in [6, 6.07) is 2.71. The molecule has 2 nitrogen and oxygen atoms in total. The molecule has 1 rings (SSSR count). The number of carbonyl (C=O) groups excluding carboxylic acids is 1. The molecule has 0 spiro atoms. The van der Waals surface area contributed by atoms with Gasteiger partial charge in [0.1, 0.15) is 0 Å². The second kappa shape index (κ2) is 4.07. The van der Waals surface area contributed by atoms with Gasteiger partial charge in [0.05, 0.1) is 12.7 Å². The van der Waals surface area contributed by atoms with Crippen molar-refractivity contribution in [3.05, 3.63) is 28.0 Å². The molecular weight excluding hydrogens is 262 g/mol. The largest absolute Gasteiger partial charge is 0.494 e. The predicted molar refractivity (Wildman–Crippen MR) is 50.8 cm³/mol. The van der Waals surface area contributed by atoms with Gasteiger partial charge in [-0.1, -0.05) is 15.9 Å². The summed E-state index contributed by atoms with van der Waals surface area (Å²) in [4.78, 5) is 10.7. The van der Waals surface area contributed by atoms with Gasteiger partial charge in [0.25, 0.3) is 5.24 Å². The molecule has 0 aliphatic heterocycles. The maximum absolute atomic E-state index is 13.3. The lowest BCUT2D eigenvalue weighted by atomic mass is 10.2. The third-order valence-corrected chi connectivity index (χ3v) is 2.10. The van der Waals surface area contributed by atoms with E-state index in [9.17, 15) is 9.18 Å². The Morgan fingerprint density at radius 2 is 2.23 bits per heavy atom. The van der Waals surface area contributed by atoms with E-state index in [0.29, 0.717) is 4.47 Å². The zero-order valence-corrected chi connectivity index (χ0v) is 8.95. The molecule has 5 heteroatoms. The van der Waals surface area contributed by atoms with Gasteiger partial charge >= 0.3 is 0 Å². The van der Waals surface area contributed by atoms with Gasteiger partial charge in [-0.2, -0.15) is 0 Å². The van der Waals surface area contributed by atoms with Gasteiger partial charge in [0.2, 0.25) is 0 Å². The lowest BCUT2D eigenvalue weighted by Crippen LogP contribution is -1.98. The molecule has 0 atom stereocenters. The third-order valence-electron chi connectivity index (χ3n) is 1.44. The first-order valence-corrected chi connectivity index (χ1v) is 4.46. The number of rotatable bonds is 2. The lowest BCUT2D eigenvalue weighted by molar-refractivity contribution is 0.107. The first-order chi connectivity index (χ1) is 6.06. The molecular formula is C8H5BrClFO2. The first kappa shape index (κ1) is 10.5. The predicted octanol–water partition coefficient (Wildman–Crippen LogP) is 2.98. The Morgan fingerprint density at radius 3 is 2.69 bits per heavy atom. The molecule has 1 aromatic carbocycles. The van der Waals surface area contributed by atoms with Crippen molar-refractivity contribution in [1.82, 2.24) is 0 Å². The van der Waals surface area contributed by atoms with E-state index in [1.807, 2.05) is 0 Å². The summed E-state index contributed by atoms with van der Waals surface area (Å²) in [5.74, 6) is -0.760. The molecule has 0 unspecified atom stereocenters. The van der Waals surface area contributed by atoms with E-state index in [0.717, 1.165) is 0 Å². The molecule has 70 valence electrons. The van der Waals surface area contributed by atoms with Crippen molar-refractivity contribution < 1.29 is 13.9 Å². The second-order valence-corrected chi connectivity index (χ2v) is 3.50. The Balaban J connectivity index is 3.35. The highest BCUT2D eigenvalue weighted by atomic mass is 79.9. The van der Waals surface area contributed by atoms with Crippen molar-refractivity contribution in [3.8, 4) is 5.75 Å². The molecule has 0 heterocycles. The smallest absolute Gasteiger partial charge is 0.255 e. The van der Waals surface area contributed by atoms with Crippen LogP contribution in [0.15, 0.2) is 16.6 Å². The maximum atomic E-state index is 13.3. The Bertz CT molecular complexity index is 354. The van der Waals surface area contributed by atoms with Crippen molar-refractivity contribution in [1.29, 1.82) is 0 Å². The van der Waals surface area contributed by atoms with Crippen LogP contribution in [0.2, 0.25) is 0 Å². The van der Waals surface area contributed by atoms with Crippen LogP contribution >= 0.6 is 27.5 Å². The lowest BCUT2D eigenvalue weighted by Gasteiger charge is -2.04. The van der Waals surface area contributed by atoms with E-state index in [2.05, 4.69) is 15.9 Å². The van der Waals surface area contributed by atoms with Crippen molar-refractivity contribution in [2.24, 2.45) is 0 Å². The van der Waals surface area contributed by atoms with Crippen LogP contribution in [0.1, 0.15) is 10.4 Å². The highest BCUT2D eigenvalue weighted by Crippen LogP contribution is 2.26. The summed E-state index contributed by atoms with van der Waals surface area (Å²) < 4.78 is 18.5. The van der Waals surface area contributed by atoms with E-state index in [1.165, 1.54) is 19.2 Å². The van der Waals surface area contributed by atoms with E-state index in [-0.39, 0.29) is 11.3 Å². The van der Waals surface area contributed by atoms with E-state index < -0.39 is 11.1 Å². The molecule has 0 aliphatic rings. The van der Waals surface area contributed by atoms with Crippen molar-refractivity contribution >= 4 is 32.8 Å². The van der Waals surface area contributed by atoms with Crippen LogP contribution in [0.5, 0.6) is 5.75 Å². The molecule has 0 fully saturated rings. The van der Waals surface area contributed by atoms with Crippen LogP contribution in [-0.2, 0) is 0 Å². The average Bonchev–Trinajstić information content (AvgIpc) is 2.08. The van der Waals surface area contributed by atoms with Crippen LogP contribution in [0.25, 0.3) is 0 Å². The minimum absolute atomic E-state index is 0.0154. The fourth-order valence-electron chi connectivity index (χ4n) is 0.856. The minimum atomic E-state index is -0.850. The van der Waals surface area contributed by atoms with E-state index in [4.69, 9.17) is 16.3 Å². The number of benzene rings is 1. The Hall–Kier alpha value is -0.610. The van der Waals surface area contributed by atoms with Gasteiger partial charge < -0.3 is 4.74 Å². The Morgan fingerprint density at radius 1 is 1.62 bits per heavy atom. The molecule has 0 bridgehead atoms. The van der Waals surface area contributed by atoms with Gasteiger partial charge in [-0.05, 0) is 23.7 Å². The van der Waals surface area contributed by atoms with Crippen molar-refractivity contribution in [2.45, 2.75) is 0 Å². The Kier molecular flexibility index (Phi) is 3.27. The number of ether oxygens (including phenoxy) is 1. The minimum Gasteiger partial charge on any atom is -0.494 e. The van der Waals surface area contributed by atoms with Crippen LogP contribution in [0.3, 0.4) is 0 Å². The normalized spacial score (nSPS) is 9.85. The van der Waals surface area contributed by atoms with Gasteiger partial charge in [-0.25, -0.2) is 4.39 Å². The fraction of sp³-hybridized carbons (Fsp3) is 0.125. The number of carbonyl (C=O) groups is 1. The topological polar surface area (TPSA) is 26.3 Å². The van der Waals surface area contributed by atoms with Crippen molar-refractivity contribution in [2.75, 3.05) is 7.11 Å². The molecule has 0 saturated heterocycles. The summed E-state index contributed by atoms with van der Waals surface area (Å²) in [5.41, 5.74) is -0.201. The van der Waals surface area contributed by atoms with E-state index >= 15 is 0 Å². The zero-order valence-electron chi connectivity index (χ0n) is 6.61. The third kappa shape index (κ3) is 2.19. The van der Waals surface area contributed by atoms with Gasteiger partial charge in [0.15, 0.2) is 11.6 Å². The number of methoxy groups -OCH3 is 1. The summed E-state index contributed by atoms with van der Waals surface area (Å²) in [6.07, 6.45) is 0. The fourth-order valence-corrected chi connectivity index (χ4v) is 1.43. The monoisotopic (exact) mass is 266 g/mol.